The topological polar surface area (TPSA) is 61.0 Å². The van der Waals surface area contributed by atoms with Crippen molar-refractivity contribution >= 4 is 41.1 Å². The number of carbonyl (C=O) groups is 1. The van der Waals surface area contributed by atoms with Crippen molar-refractivity contribution < 1.29 is 4.79 Å². The average Bonchev–Trinajstić information content (AvgIpc) is 2.99. The number of fused-ring (bicyclic) bond motifs is 1. The van der Waals surface area contributed by atoms with Gasteiger partial charge in [0, 0.05) is 25.2 Å². The molecule has 1 amide bonds. The molecule has 0 saturated carbocycles. The van der Waals surface area contributed by atoms with Gasteiger partial charge in [0.05, 0.1) is 22.0 Å². The molecule has 5 nitrogen and oxygen atoms in total. The molecular weight excluding hydrogens is 344 g/mol. The highest BCUT2D eigenvalue weighted by atomic mass is 35.5. The smallest absolute Gasteiger partial charge is 0.232 e. The predicted molar refractivity (Wildman–Crippen MR) is 103 cm³/mol. The molecule has 2 aromatic rings. The van der Waals surface area contributed by atoms with Crippen molar-refractivity contribution in [3.05, 3.63) is 30.1 Å². The van der Waals surface area contributed by atoms with Gasteiger partial charge in [-0.1, -0.05) is 12.1 Å². The van der Waals surface area contributed by atoms with E-state index >= 15 is 0 Å². The molecule has 1 aromatic carbocycles. The molecule has 3 atom stereocenters. The summed E-state index contributed by atoms with van der Waals surface area (Å²) in [5, 5.41) is 3.58. The lowest BCUT2D eigenvalue weighted by molar-refractivity contribution is -0.131. The number of rotatable bonds is 4. The van der Waals surface area contributed by atoms with E-state index in [0.717, 1.165) is 29.9 Å². The molecule has 24 heavy (non-hydrogen) atoms. The Morgan fingerprint density at radius 2 is 2.17 bits per heavy atom. The quantitative estimate of drug-likeness (QED) is 0.870. The van der Waals surface area contributed by atoms with Crippen LogP contribution in [0, 0.1) is 0 Å². The second-order valence-corrected chi connectivity index (χ2v) is 7.49. The Morgan fingerprint density at radius 3 is 2.92 bits per heavy atom. The molecule has 1 aliphatic rings. The maximum atomic E-state index is 12.5. The van der Waals surface area contributed by atoms with E-state index < -0.39 is 0 Å². The third-order valence-electron chi connectivity index (χ3n) is 4.60. The van der Waals surface area contributed by atoms with E-state index in [9.17, 15) is 4.79 Å². The summed E-state index contributed by atoms with van der Waals surface area (Å²) in [6.45, 7) is 8.01. The van der Waals surface area contributed by atoms with E-state index in [-0.39, 0.29) is 29.6 Å². The number of para-hydroxylation sites is 2. The van der Waals surface area contributed by atoms with Crippen LogP contribution in [-0.2, 0) is 4.79 Å². The Balaban J connectivity index is 0.00000208. The number of hydrogen-bond donors (Lipinski definition) is 2. The molecular formula is C17H25ClN4OS. The normalized spacial score (nSPS) is 22.2. The molecule has 1 aromatic heterocycles. The van der Waals surface area contributed by atoms with E-state index in [1.54, 1.807) is 11.8 Å². The standard InChI is InChI=1S/C17H24N4OS.ClH/c1-11-12(2)21(9-8-18-11)16(22)10-23-13(3)17-19-14-6-4-5-7-15(14)20-17;/h4-7,11-13,18H,8-10H2,1-3H3,(H,19,20);1H. The number of imidazole rings is 1. The molecule has 1 saturated heterocycles. The zero-order chi connectivity index (χ0) is 16.4. The lowest BCUT2D eigenvalue weighted by Gasteiger charge is -2.38. The average molecular weight is 369 g/mol. The van der Waals surface area contributed by atoms with Crippen LogP contribution < -0.4 is 5.32 Å². The number of benzene rings is 1. The highest BCUT2D eigenvalue weighted by Crippen LogP contribution is 2.28. The summed E-state index contributed by atoms with van der Waals surface area (Å²) in [7, 11) is 0. The van der Waals surface area contributed by atoms with Gasteiger partial charge in [-0.25, -0.2) is 4.98 Å². The van der Waals surface area contributed by atoms with Crippen molar-refractivity contribution in [3.63, 3.8) is 0 Å². The van der Waals surface area contributed by atoms with Crippen LogP contribution in [0.15, 0.2) is 24.3 Å². The van der Waals surface area contributed by atoms with Crippen molar-refractivity contribution in [1.29, 1.82) is 0 Å². The predicted octanol–water partition coefficient (Wildman–Crippen LogP) is 2.99. The molecule has 2 heterocycles. The van der Waals surface area contributed by atoms with Gasteiger partial charge in [-0.3, -0.25) is 4.79 Å². The van der Waals surface area contributed by atoms with Crippen molar-refractivity contribution in [1.82, 2.24) is 20.2 Å². The molecule has 0 aliphatic carbocycles. The van der Waals surface area contributed by atoms with E-state index in [0.29, 0.717) is 11.8 Å². The number of carbonyl (C=O) groups excluding carboxylic acids is 1. The lowest BCUT2D eigenvalue weighted by atomic mass is 10.1. The van der Waals surface area contributed by atoms with Gasteiger partial charge in [0.1, 0.15) is 5.82 Å². The Kier molecular flexibility index (Phi) is 6.54. The summed E-state index contributed by atoms with van der Waals surface area (Å²) in [5.74, 6) is 1.65. The summed E-state index contributed by atoms with van der Waals surface area (Å²) >= 11 is 1.64. The van der Waals surface area contributed by atoms with Crippen LogP contribution in [0.5, 0.6) is 0 Å². The number of aromatic amines is 1. The van der Waals surface area contributed by atoms with Gasteiger partial charge in [-0.2, -0.15) is 0 Å². The fourth-order valence-corrected chi connectivity index (χ4v) is 3.76. The van der Waals surface area contributed by atoms with Crippen molar-refractivity contribution in [3.8, 4) is 0 Å². The minimum Gasteiger partial charge on any atom is -0.341 e. The van der Waals surface area contributed by atoms with Crippen LogP contribution in [0.3, 0.4) is 0 Å². The summed E-state index contributed by atoms with van der Waals surface area (Å²) in [6.07, 6.45) is 0. The Hall–Kier alpha value is -1.24. The Bertz CT molecular complexity index is 659. The first-order chi connectivity index (χ1) is 11.1. The van der Waals surface area contributed by atoms with Crippen LogP contribution >= 0.6 is 24.2 Å². The Morgan fingerprint density at radius 1 is 1.42 bits per heavy atom. The van der Waals surface area contributed by atoms with Gasteiger partial charge in [0.25, 0.3) is 0 Å². The molecule has 2 N–H and O–H groups in total. The second kappa shape index (κ2) is 8.23. The van der Waals surface area contributed by atoms with E-state index in [1.165, 1.54) is 0 Å². The first kappa shape index (κ1) is 19.1. The van der Waals surface area contributed by atoms with Crippen LogP contribution in [0.4, 0.5) is 0 Å². The van der Waals surface area contributed by atoms with Crippen LogP contribution in [-0.4, -0.2) is 51.7 Å². The molecule has 7 heteroatoms. The molecule has 3 rings (SSSR count). The molecule has 0 spiro atoms. The van der Waals surface area contributed by atoms with Crippen molar-refractivity contribution in [2.75, 3.05) is 18.8 Å². The number of thioether (sulfide) groups is 1. The Labute approximate surface area is 153 Å². The highest BCUT2D eigenvalue weighted by Gasteiger charge is 2.28. The lowest BCUT2D eigenvalue weighted by Crippen LogP contribution is -2.57. The summed E-state index contributed by atoms with van der Waals surface area (Å²) in [6, 6.07) is 8.61. The van der Waals surface area contributed by atoms with E-state index in [1.807, 2.05) is 29.2 Å². The third kappa shape index (κ3) is 4.05. The van der Waals surface area contributed by atoms with Gasteiger partial charge in [0.15, 0.2) is 0 Å². The van der Waals surface area contributed by atoms with Gasteiger partial charge < -0.3 is 15.2 Å². The monoisotopic (exact) mass is 368 g/mol. The van der Waals surface area contributed by atoms with E-state index in [2.05, 4.69) is 36.1 Å². The van der Waals surface area contributed by atoms with Crippen LogP contribution in [0.2, 0.25) is 0 Å². The van der Waals surface area contributed by atoms with E-state index in [4.69, 9.17) is 0 Å². The number of amides is 1. The second-order valence-electron chi connectivity index (χ2n) is 6.16. The SMILES string of the molecule is CC(SCC(=O)N1CCNC(C)C1C)c1nc2ccccc2[nH]1.Cl. The number of halogens is 1. The number of H-pyrrole nitrogens is 1. The summed E-state index contributed by atoms with van der Waals surface area (Å²) in [4.78, 5) is 22.5. The first-order valence-corrected chi connectivity index (χ1v) is 9.20. The van der Waals surface area contributed by atoms with Gasteiger partial charge in [-0.05, 0) is 32.9 Å². The highest BCUT2D eigenvalue weighted by molar-refractivity contribution is 8.00. The maximum absolute atomic E-state index is 12.5. The zero-order valence-corrected chi connectivity index (χ0v) is 15.9. The van der Waals surface area contributed by atoms with Gasteiger partial charge in [0.2, 0.25) is 5.91 Å². The summed E-state index contributed by atoms with van der Waals surface area (Å²) in [5.41, 5.74) is 2.02. The fourth-order valence-electron chi connectivity index (χ4n) is 2.93. The zero-order valence-electron chi connectivity index (χ0n) is 14.3. The molecule has 3 unspecified atom stereocenters. The summed E-state index contributed by atoms with van der Waals surface area (Å²) < 4.78 is 0. The maximum Gasteiger partial charge on any atom is 0.232 e. The molecule has 0 radical (unpaired) electrons. The molecule has 132 valence electrons. The largest absolute Gasteiger partial charge is 0.341 e. The minimum atomic E-state index is 0. The molecule has 0 bridgehead atoms. The van der Waals surface area contributed by atoms with Crippen molar-refractivity contribution in [2.45, 2.75) is 38.1 Å². The van der Waals surface area contributed by atoms with Crippen molar-refractivity contribution in [2.24, 2.45) is 0 Å². The molecule has 1 fully saturated rings. The number of aromatic nitrogens is 2. The van der Waals surface area contributed by atoms with Crippen LogP contribution in [0.25, 0.3) is 11.0 Å². The van der Waals surface area contributed by atoms with Crippen LogP contribution in [0.1, 0.15) is 31.8 Å². The number of nitrogens with zero attached hydrogens (tertiary/aromatic N) is 2. The first-order valence-electron chi connectivity index (χ1n) is 8.15. The third-order valence-corrected chi connectivity index (χ3v) is 5.74. The van der Waals surface area contributed by atoms with Gasteiger partial charge in [-0.15, -0.1) is 24.2 Å². The van der Waals surface area contributed by atoms with Gasteiger partial charge >= 0.3 is 0 Å². The number of nitrogens with one attached hydrogen (secondary N) is 2. The minimum absolute atomic E-state index is 0. The fraction of sp³-hybridized carbons (Fsp3) is 0.529. The molecule has 1 aliphatic heterocycles. The number of piperazine rings is 1. The number of hydrogen-bond acceptors (Lipinski definition) is 4.